The summed E-state index contributed by atoms with van der Waals surface area (Å²) in [7, 11) is -3.44. The molecule has 0 fully saturated rings. The Bertz CT molecular complexity index is 343. The molecule has 0 N–H and O–H groups in total. The van der Waals surface area contributed by atoms with E-state index in [1.807, 2.05) is 13.8 Å². The molecule has 0 aromatic carbocycles. The van der Waals surface area contributed by atoms with Gasteiger partial charge in [0.1, 0.15) is 6.54 Å². The lowest BCUT2D eigenvalue weighted by Gasteiger charge is -2.22. The molecular weight excluding hydrogens is 278 g/mol. The Morgan fingerprint density at radius 2 is 2.00 bits per heavy atom. The Labute approximate surface area is 114 Å². The van der Waals surface area contributed by atoms with E-state index in [1.165, 1.54) is 4.31 Å². The number of nitrogens with zero attached hydrogens (tertiary/aromatic N) is 1. The van der Waals surface area contributed by atoms with Crippen LogP contribution in [0.15, 0.2) is 0 Å². The van der Waals surface area contributed by atoms with E-state index in [-0.39, 0.29) is 30.7 Å². The minimum absolute atomic E-state index is 0.0391. The average Bonchev–Trinajstić information content (AvgIpc) is 2.25. The zero-order chi connectivity index (χ0) is 14.2. The van der Waals surface area contributed by atoms with Crippen LogP contribution in [0.1, 0.15) is 27.2 Å². The summed E-state index contributed by atoms with van der Waals surface area (Å²) >= 11 is 5.50. The molecule has 0 aromatic heterocycles. The molecule has 0 radical (unpaired) electrons. The maximum atomic E-state index is 12.0. The minimum Gasteiger partial charge on any atom is -0.465 e. The third-order valence-electron chi connectivity index (χ3n) is 2.11. The first-order chi connectivity index (χ1) is 8.33. The number of hydrogen-bond donors (Lipinski definition) is 0. The van der Waals surface area contributed by atoms with Gasteiger partial charge in [-0.2, -0.15) is 4.31 Å². The zero-order valence-electron chi connectivity index (χ0n) is 11.2. The summed E-state index contributed by atoms with van der Waals surface area (Å²) in [4.78, 5) is 11.4. The number of esters is 1. The second-order valence-electron chi connectivity index (χ2n) is 4.35. The van der Waals surface area contributed by atoms with Crippen molar-refractivity contribution in [1.29, 1.82) is 0 Å². The summed E-state index contributed by atoms with van der Waals surface area (Å²) in [5.41, 5.74) is 0. The molecule has 0 bridgehead atoms. The van der Waals surface area contributed by atoms with Crippen LogP contribution in [0.3, 0.4) is 0 Å². The van der Waals surface area contributed by atoms with Gasteiger partial charge in [0, 0.05) is 12.4 Å². The van der Waals surface area contributed by atoms with Gasteiger partial charge in [0.25, 0.3) is 0 Å². The van der Waals surface area contributed by atoms with Gasteiger partial charge in [0.05, 0.1) is 12.4 Å². The van der Waals surface area contributed by atoms with Gasteiger partial charge in [-0.15, -0.1) is 11.6 Å². The summed E-state index contributed by atoms with van der Waals surface area (Å²) in [6.07, 6.45) is 0.376. The molecular formula is C11H22ClNO4S. The van der Waals surface area contributed by atoms with E-state index in [1.54, 1.807) is 6.92 Å². The third kappa shape index (κ3) is 7.18. The molecule has 0 amide bonds. The molecule has 108 valence electrons. The zero-order valence-corrected chi connectivity index (χ0v) is 12.8. The smallest absolute Gasteiger partial charge is 0.321 e. The number of ether oxygens (including phenoxy) is 1. The highest BCUT2D eigenvalue weighted by atomic mass is 35.5. The molecule has 0 rings (SSSR count). The van der Waals surface area contributed by atoms with Crippen molar-refractivity contribution in [3.63, 3.8) is 0 Å². The van der Waals surface area contributed by atoms with Crippen LogP contribution in [0.25, 0.3) is 0 Å². The number of hydrogen-bond acceptors (Lipinski definition) is 4. The van der Waals surface area contributed by atoms with Crippen LogP contribution in [0.4, 0.5) is 0 Å². The van der Waals surface area contributed by atoms with Crippen molar-refractivity contribution in [1.82, 2.24) is 4.31 Å². The van der Waals surface area contributed by atoms with Crippen molar-refractivity contribution in [3.8, 4) is 0 Å². The summed E-state index contributed by atoms with van der Waals surface area (Å²) in [6, 6.07) is 0. The van der Waals surface area contributed by atoms with Crippen molar-refractivity contribution in [2.45, 2.75) is 27.2 Å². The van der Waals surface area contributed by atoms with Gasteiger partial charge in [0.15, 0.2) is 0 Å². The highest BCUT2D eigenvalue weighted by Gasteiger charge is 2.25. The summed E-state index contributed by atoms with van der Waals surface area (Å²) in [5, 5.41) is 0. The van der Waals surface area contributed by atoms with E-state index in [4.69, 9.17) is 16.3 Å². The second-order valence-corrected chi connectivity index (χ2v) is 6.82. The van der Waals surface area contributed by atoms with Crippen molar-refractivity contribution in [3.05, 3.63) is 0 Å². The average molecular weight is 300 g/mol. The standard InChI is InChI=1S/C11H22ClNO4S/c1-4-17-11(14)9-13(8-10(2)3)18(15,16)7-5-6-12/h10H,4-9H2,1-3H3. The largest absolute Gasteiger partial charge is 0.465 e. The highest BCUT2D eigenvalue weighted by molar-refractivity contribution is 7.89. The van der Waals surface area contributed by atoms with Crippen molar-refractivity contribution in [2.75, 3.05) is 31.3 Å². The molecule has 18 heavy (non-hydrogen) atoms. The van der Waals surface area contributed by atoms with Crippen molar-refractivity contribution >= 4 is 27.6 Å². The SMILES string of the molecule is CCOC(=O)CN(CC(C)C)S(=O)(=O)CCCCl. The summed E-state index contributed by atoms with van der Waals surface area (Å²) in [6.45, 7) is 5.81. The van der Waals surface area contributed by atoms with Crippen LogP contribution in [-0.4, -0.2) is 50.0 Å². The van der Waals surface area contributed by atoms with Crippen LogP contribution in [0.5, 0.6) is 0 Å². The van der Waals surface area contributed by atoms with Gasteiger partial charge >= 0.3 is 5.97 Å². The van der Waals surface area contributed by atoms with E-state index < -0.39 is 16.0 Å². The highest BCUT2D eigenvalue weighted by Crippen LogP contribution is 2.08. The van der Waals surface area contributed by atoms with E-state index in [9.17, 15) is 13.2 Å². The molecule has 0 heterocycles. The number of sulfonamides is 1. The molecule has 0 spiro atoms. The van der Waals surface area contributed by atoms with E-state index >= 15 is 0 Å². The van der Waals surface area contributed by atoms with Crippen molar-refractivity contribution < 1.29 is 17.9 Å². The molecule has 0 aliphatic rings. The van der Waals surface area contributed by atoms with E-state index in [0.717, 1.165) is 0 Å². The Kier molecular flexibility index (Phi) is 8.56. The van der Waals surface area contributed by atoms with E-state index in [2.05, 4.69) is 0 Å². The quantitative estimate of drug-likeness (QED) is 0.478. The molecule has 0 saturated carbocycles. The summed E-state index contributed by atoms with van der Waals surface area (Å²) < 4.78 is 30.0. The fraction of sp³-hybridized carbons (Fsp3) is 0.909. The number of carbonyl (C=O) groups is 1. The van der Waals surface area contributed by atoms with Crippen LogP contribution in [0.2, 0.25) is 0 Å². The number of carbonyl (C=O) groups excluding carboxylic acids is 1. The number of rotatable bonds is 9. The molecule has 0 atom stereocenters. The molecule has 0 aromatic rings. The fourth-order valence-electron chi connectivity index (χ4n) is 1.40. The lowest BCUT2D eigenvalue weighted by Crippen LogP contribution is -2.40. The van der Waals surface area contributed by atoms with Gasteiger partial charge in [-0.05, 0) is 19.3 Å². The van der Waals surface area contributed by atoms with Gasteiger partial charge in [0.2, 0.25) is 10.0 Å². The third-order valence-corrected chi connectivity index (χ3v) is 4.25. The van der Waals surface area contributed by atoms with Gasteiger partial charge < -0.3 is 4.74 Å². The molecule has 0 aliphatic heterocycles. The fourth-order valence-corrected chi connectivity index (χ4v) is 3.29. The first-order valence-electron chi connectivity index (χ1n) is 6.02. The second kappa shape index (κ2) is 8.72. The molecule has 0 aliphatic carbocycles. The molecule has 0 unspecified atom stereocenters. The number of halogens is 1. The van der Waals surface area contributed by atoms with Crippen LogP contribution >= 0.6 is 11.6 Å². The Morgan fingerprint density at radius 1 is 1.39 bits per heavy atom. The topological polar surface area (TPSA) is 63.7 Å². The first-order valence-corrected chi connectivity index (χ1v) is 8.17. The Hall–Kier alpha value is -0.330. The first kappa shape index (κ1) is 17.7. The van der Waals surface area contributed by atoms with Gasteiger partial charge in [-0.25, -0.2) is 8.42 Å². The summed E-state index contributed by atoms with van der Waals surface area (Å²) in [5.74, 6) is -0.130. The molecule has 5 nitrogen and oxygen atoms in total. The maximum absolute atomic E-state index is 12.0. The monoisotopic (exact) mass is 299 g/mol. The Balaban J connectivity index is 4.70. The lowest BCUT2D eigenvalue weighted by atomic mass is 10.2. The maximum Gasteiger partial charge on any atom is 0.321 e. The predicted molar refractivity (Wildman–Crippen MR) is 72.2 cm³/mol. The normalized spacial score (nSPS) is 12.1. The van der Waals surface area contributed by atoms with Crippen LogP contribution < -0.4 is 0 Å². The van der Waals surface area contributed by atoms with Crippen LogP contribution in [0, 0.1) is 5.92 Å². The van der Waals surface area contributed by atoms with E-state index in [0.29, 0.717) is 13.0 Å². The van der Waals surface area contributed by atoms with Gasteiger partial charge in [-0.1, -0.05) is 13.8 Å². The number of alkyl halides is 1. The predicted octanol–water partition coefficient (Wildman–Crippen LogP) is 1.47. The minimum atomic E-state index is -3.44. The van der Waals surface area contributed by atoms with Crippen LogP contribution in [-0.2, 0) is 19.6 Å². The molecule has 0 saturated heterocycles. The van der Waals surface area contributed by atoms with Crippen molar-refractivity contribution in [2.24, 2.45) is 5.92 Å². The molecule has 7 heteroatoms. The Morgan fingerprint density at radius 3 is 2.44 bits per heavy atom. The van der Waals surface area contributed by atoms with Gasteiger partial charge in [-0.3, -0.25) is 4.79 Å². The lowest BCUT2D eigenvalue weighted by molar-refractivity contribution is -0.143.